The molecule has 3 rings (SSSR count). The van der Waals surface area contributed by atoms with Gasteiger partial charge in [0, 0.05) is 6.42 Å². The number of ether oxygens (including phenoxy) is 6. The highest BCUT2D eigenvalue weighted by atomic mass is 16.8. The summed E-state index contributed by atoms with van der Waals surface area (Å²) in [5.41, 5.74) is 0. The van der Waals surface area contributed by atoms with E-state index in [-0.39, 0.29) is 18.9 Å². The summed E-state index contributed by atoms with van der Waals surface area (Å²) in [4.78, 5) is 13.4. The van der Waals surface area contributed by atoms with E-state index in [0.717, 1.165) is 38.5 Å². The van der Waals surface area contributed by atoms with Crippen LogP contribution in [0.4, 0.5) is 0 Å². The zero-order valence-corrected chi connectivity index (χ0v) is 57.3. The van der Waals surface area contributed by atoms with Gasteiger partial charge in [-0.05, 0) is 57.8 Å². The summed E-state index contributed by atoms with van der Waals surface area (Å²) in [6.45, 7) is 1.73. The quantitative estimate of drug-likeness (QED) is 0.0199. The van der Waals surface area contributed by atoms with E-state index in [9.17, 15) is 61.0 Å². The molecule has 17 atom stereocenters. The van der Waals surface area contributed by atoms with E-state index >= 15 is 0 Å². The van der Waals surface area contributed by atoms with Crippen molar-refractivity contribution < 1.29 is 89.4 Å². The molecule has 3 saturated heterocycles. The Morgan fingerprint density at radius 2 is 0.696 bits per heavy atom. The maximum atomic E-state index is 13.4. The van der Waals surface area contributed by atoms with Crippen molar-refractivity contribution in [3.8, 4) is 0 Å². The summed E-state index contributed by atoms with van der Waals surface area (Å²) in [5.74, 6) is -0.281. The maximum Gasteiger partial charge on any atom is 0.220 e. The lowest BCUT2D eigenvalue weighted by atomic mass is 9.96. The van der Waals surface area contributed by atoms with Crippen LogP contribution in [0.5, 0.6) is 0 Å². The van der Waals surface area contributed by atoms with Crippen molar-refractivity contribution in [1.82, 2.24) is 5.32 Å². The highest BCUT2D eigenvalue weighted by Crippen LogP contribution is 2.33. The van der Waals surface area contributed by atoms with Crippen LogP contribution < -0.4 is 5.32 Å². The van der Waals surface area contributed by atoms with Crippen molar-refractivity contribution in [3.05, 3.63) is 36.5 Å². The molecule has 0 spiro atoms. The number of hydrogen-bond donors (Lipinski definition) is 12. The summed E-state index contributed by atoms with van der Waals surface area (Å²) < 4.78 is 34.3. The molecular formula is C73H135NO18. The van der Waals surface area contributed by atoms with Crippen molar-refractivity contribution in [2.75, 3.05) is 26.4 Å². The van der Waals surface area contributed by atoms with E-state index < -0.39 is 124 Å². The molecule has 0 radical (unpaired) electrons. The highest BCUT2D eigenvalue weighted by Gasteiger charge is 2.53. The molecule has 92 heavy (non-hydrogen) atoms. The van der Waals surface area contributed by atoms with Gasteiger partial charge in [0.1, 0.15) is 73.2 Å². The molecule has 540 valence electrons. The van der Waals surface area contributed by atoms with Gasteiger partial charge in [0.2, 0.25) is 5.91 Å². The molecule has 0 aliphatic carbocycles. The molecule has 1 amide bonds. The third-order valence-electron chi connectivity index (χ3n) is 18.7. The Labute approximate surface area is 555 Å². The van der Waals surface area contributed by atoms with Gasteiger partial charge in [-0.15, -0.1) is 0 Å². The molecule has 0 saturated carbocycles. The van der Waals surface area contributed by atoms with E-state index in [2.05, 4.69) is 43.5 Å². The zero-order chi connectivity index (χ0) is 66.8. The highest BCUT2D eigenvalue weighted by molar-refractivity contribution is 5.76. The standard InChI is InChI=1S/C73H135NO18/c1-3-5-7-9-11-13-15-17-19-20-21-22-23-24-25-26-27-28-29-30-31-32-33-34-35-36-37-39-41-43-45-47-49-51-61(79)74-56(57(78)50-48-46-44-42-40-38-18-16-14-12-10-8-6-4-2)55-87-71-67(85)64(82)69(59(53-76)89-71)92-73-68(86)65(83)70(60(54-77)90-73)91-72-66(84)63(81)62(80)58(52-75)88-72/h20-21,40,42,48,50,56-60,62-73,75-78,80-86H,3-19,22-39,41,43-47,49,51-55H2,1-2H3,(H,74,79)/b21-20-,42-40+,50-48+. The topological polar surface area (TPSA) is 307 Å². The minimum absolute atomic E-state index is 0.239. The molecule has 0 bridgehead atoms. The van der Waals surface area contributed by atoms with Crippen LogP contribution in [0.15, 0.2) is 36.5 Å². The number of hydrogen-bond acceptors (Lipinski definition) is 18. The first kappa shape index (κ1) is 84.2. The first-order valence-corrected chi connectivity index (χ1v) is 37.2. The van der Waals surface area contributed by atoms with E-state index in [1.165, 1.54) is 218 Å². The lowest BCUT2D eigenvalue weighted by Crippen LogP contribution is -2.66. The van der Waals surface area contributed by atoms with Crippen LogP contribution in [-0.2, 0) is 33.2 Å². The predicted molar refractivity (Wildman–Crippen MR) is 360 cm³/mol. The Morgan fingerprint density at radius 1 is 0.380 bits per heavy atom. The van der Waals surface area contributed by atoms with Gasteiger partial charge in [0.05, 0.1) is 38.6 Å². The number of aliphatic hydroxyl groups is 11. The van der Waals surface area contributed by atoms with Gasteiger partial charge < -0.3 is 89.9 Å². The summed E-state index contributed by atoms with van der Waals surface area (Å²) >= 11 is 0. The smallest absolute Gasteiger partial charge is 0.220 e. The Kier molecular flexibility index (Phi) is 50.3. The normalized spacial score (nSPS) is 27.9. The fraction of sp³-hybridized carbons (Fsp3) is 0.904. The first-order chi connectivity index (χ1) is 44.8. The van der Waals surface area contributed by atoms with Gasteiger partial charge in [-0.25, -0.2) is 0 Å². The van der Waals surface area contributed by atoms with E-state index in [1.54, 1.807) is 6.08 Å². The Balaban J connectivity index is 1.35. The number of carbonyl (C=O) groups excluding carboxylic acids is 1. The van der Waals surface area contributed by atoms with Crippen LogP contribution >= 0.6 is 0 Å². The number of amides is 1. The third-order valence-corrected chi connectivity index (χ3v) is 18.7. The second-order valence-electron chi connectivity index (χ2n) is 26.7. The van der Waals surface area contributed by atoms with Crippen molar-refractivity contribution >= 4 is 5.91 Å². The summed E-state index contributed by atoms with van der Waals surface area (Å²) in [6, 6.07) is -0.988. The molecule has 19 heteroatoms. The summed E-state index contributed by atoms with van der Waals surface area (Å²) in [7, 11) is 0. The largest absolute Gasteiger partial charge is 0.394 e. The molecule has 0 aromatic heterocycles. The SMILES string of the molecule is CCCCCCCCCC/C=C\CCCCCCCCCCCCCCCCCCCCCCCC(=O)NC(COC1OC(CO)C(OC2OC(CO)C(OC3OC(CO)C(O)C(O)C3O)C(O)C2O)C(O)C1O)C(O)/C=C/CC/C=C/CCCCCCCCCC. The first-order valence-electron chi connectivity index (χ1n) is 37.2. The van der Waals surface area contributed by atoms with Gasteiger partial charge in [-0.2, -0.15) is 0 Å². The number of carbonyl (C=O) groups is 1. The molecule has 19 nitrogen and oxygen atoms in total. The Hall–Kier alpha value is -1.99. The summed E-state index contributed by atoms with van der Waals surface area (Å²) in [5, 5.41) is 120. The zero-order valence-electron chi connectivity index (χ0n) is 57.3. The minimum atomic E-state index is -1.98. The van der Waals surface area contributed by atoms with Crippen LogP contribution in [-0.4, -0.2) is 193 Å². The Morgan fingerprint density at radius 3 is 1.09 bits per heavy atom. The second-order valence-corrected chi connectivity index (χ2v) is 26.7. The summed E-state index contributed by atoms with van der Waals surface area (Å²) in [6.07, 6.45) is 38.7. The molecule has 3 heterocycles. The van der Waals surface area contributed by atoms with Crippen LogP contribution in [0, 0.1) is 0 Å². The van der Waals surface area contributed by atoms with E-state index in [4.69, 9.17) is 28.4 Å². The van der Waals surface area contributed by atoms with E-state index in [0.29, 0.717) is 12.8 Å². The van der Waals surface area contributed by atoms with Gasteiger partial charge >= 0.3 is 0 Å². The number of rotatable bonds is 58. The van der Waals surface area contributed by atoms with Crippen LogP contribution in [0.2, 0.25) is 0 Å². The number of unbranched alkanes of at least 4 members (excludes halogenated alkanes) is 38. The average molecular weight is 1310 g/mol. The molecule has 3 aliphatic rings. The molecule has 3 aliphatic heterocycles. The van der Waals surface area contributed by atoms with Gasteiger partial charge in [0.15, 0.2) is 18.9 Å². The number of allylic oxidation sites excluding steroid dienone is 5. The third kappa shape index (κ3) is 36.0. The van der Waals surface area contributed by atoms with Crippen LogP contribution in [0.25, 0.3) is 0 Å². The van der Waals surface area contributed by atoms with Gasteiger partial charge in [0.25, 0.3) is 0 Å². The molecule has 0 aromatic rings. The molecule has 0 aromatic carbocycles. The van der Waals surface area contributed by atoms with Crippen molar-refractivity contribution in [3.63, 3.8) is 0 Å². The van der Waals surface area contributed by atoms with E-state index in [1.807, 2.05) is 6.08 Å². The van der Waals surface area contributed by atoms with Crippen molar-refractivity contribution in [2.45, 2.75) is 394 Å². The average Bonchev–Trinajstić information content (AvgIpc) is 0.840. The lowest BCUT2D eigenvalue weighted by molar-refractivity contribution is -0.379. The monoisotopic (exact) mass is 1310 g/mol. The number of aliphatic hydroxyl groups excluding tert-OH is 11. The number of nitrogens with one attached hydrogen (secondary N) is 1. The predicted octanol–water partition coefficient (Wildman–Crippen LogP) is 10.8. The van der Waals surface area contributed by atoms with Gasteiger partial charge in [-0.3, -0.25) is 4.79 Å². The maximum absolute atomic E-state index is 13.4. The van der Waals surface area contributed by atoms with Crippen molar-refractivity contribution in [2.24, 2.45) is 0 Å². The molecule has 3 fully saturated rings. The lowest BCUT2D eigenvalue weighted by Gasteiger charge is -2.48. The Bertz CT molecular complexity index is 1810. The molecule has 17 unspecified atom stereocenters. The van der Waals surface area contributed by atoms with Gasteiger partial charge in [-0.1, -0.05) is 262 Å². The van der Waals surface area contributed by atoms with Crippen molar-refractivity contribution in [1.29, 1.82) is 0 Å². The fourth-order valence-corrected chi connectivity index (χ4v) is 12.6. The molecule has 12 N–H and O–H groups in total. The fourth-order valence-electron chi connectivity index (χ4n) is 12.6. The van der Waals surface area contributed by atoms with Crippen LogP contribution in [0.1, 0.15) is 290 Å². The second kappa shape index (κ2) is 55.0. The molecular weight excluding hydrogens is 1180 g/mol. The van der Waals surface area contributed by atoms with Crippen LogP contribution in [0.3, 0.4) is 0 Å². The minimum Gasteiger partial charge on any atom is -0.394 e.